The molecule has 2 amide bonds. The van der Waals surface area contributed by atoms with Crippen LogP contribution in [-0.2, 0) is 5.54 Å². The first kappa shape index (κ1) is 21.4. The minimum Gasteiger partial charge on any atom is -0.338 e. The van der Waals surface area contributed by atoms with Gasteiger partial charge >= 0.3 is 6.03 Å². The van der Waals surface area contributed by atoms with E-state index in [2.05, 4.69) is 78.3 Å². The highest BCUT2D eigenvalue weighted by atomic mass is 16.2. The number of para-hydroxylation sites is 1. The maximum Gasteiger partial charge on any atom is 0.319 e. The van der Waals surface area contributed by atoms with Gasteiger partial charge in [-0.1, -0.05) is 58.7 Å². The molecule has 164 valence electrons. The lowest BCUT2D eigenvalue weighted by molar-refractivity contribution is 0.239. The van der Waals surface area contributed by atoms with E-state index in [0.717, 1.165) is 24.0 Å². The Balaban J connectivity index is 1.56. The molecule has 0 bridgehead atoms. The van der Waals surface area contributed by atoms with Crippen LogP contribution in [0, 0.1) is 0 Å². The number of nitrogens with one attached hydrogen (secondary N) is 2. The van der Waals surface area contributed by atoms with Gasteiger partial charge in [0, 0.05) is 30.0 Å². The average Bonchev–Trinajstić information content (AvgIpc) is 3.40. The maximum atomic E-state index is 13.1. The third-order valence-corrected chi connectivity index (χ3v) is 6.73. The molecule has 3 aromatic rings. The van der Waals surface area contributed by atoms with Gasteiger partial charge in [0.2, 0.25) is 0 Å². The van der Waals surface area contributed by atoms with Gasteiger partial charge in [0.25, 0.3) is 0 Å². The van der Waals surface area contributed by atoms with Gasteiger partial charge in [-0.25, -0.2) is 4.79 Å². The molecule has 0 saturated heterocycles. The lowest BCUT2D eigenvalue weighted by atomic mass is 9.92. The van der Waals surface area contributed by atoms with Crippen molar-refractivity contribution in [3.8, 4) is 0 Å². The topological polar surface area (TPSA) is 59.0 Å². The van der Waals surface area contributed by atoms with Crippen molar-refractivity contribution in [1.29, 1.82) is 0 Å². The van der Waals surface area contributed by atoms with Gasteiger partial charge in [-0.05, 0) is 47.9 Å². The van der Waals surface area contributed by atoms with Gasteiger partial charge in [0.1, 0.15) is 0 Å². The fourth-order valence-corrected chi connectivity index (χ4v) is 5.02. The van der Waals surface area contributed by atoms with Gasteiger partial charge in [0.15, 0.2) is 0 Å². The van der Waals surface area contributed by atoms with Crippen molar-refractivity contribution in [2.24, 2.45) is 0 Å². The molecule has 1 aliphatic carbocycles. The normalized spacial score (nSPS) is 15.7. The maximum absolute atomic E-state index is 13.1. The van der Waals surface area contributed by atoms with E-state index in [4.69, 9.17) is 0 Å². The van der Waals surface area contributed by atoms with Crippen LogP contribution >= 0.6 is 0 Å². The lowest BCUT2D eigenvalue weighted by Crippen LogP contribution is -2.44. The van der Waals surface area contributed by atoms with Crippen LogP contribution in [0.2, 0.25) is 0 Å². The van der Waals surface area contributed by atoms with E-state index in [1.807, 2.05) is 18.5 Å². The van der Waals surface area contributed by atoms with E-state index in [0.29, 0.717) is 18.4 Å². The summed E-state index contributed by atoms with van der Waals surface area (Å²) in [4.78, 5) is 17.4. The van der Waals surface area contributed by atoms with Crippen molar-refractivity contribution in [2.45, 2.75) is 70.8 Å². The van der Waals surface area contributed by atoms with Crippen LogP contribution in [0.4, 0.5) is 10.5 Å². The number of amides is 2. The van der Waals surface area contributed by atoms with Crippen molar-refractivity contribution < 1.29 is 4.79 Å². The monoisotopic (exact) mass is 418 g/mol. The van der Waals surface area contributed by atoms with E-state index in [1.54, 1.807) is 0 Å². The molecule has 0 aliphatic heterocycles. The van der Waals surface area contributed by atoms with Crippen molar-refractivity contribution in [1.82, 2.24) is 14.9 Å². The Kier molecular flexibility index (Phi) is 6.03. The summed E-state index contributed by atoms with van der Waals surface area (Å²) in [6.45, 7) is 9.28. The third-order valence-electron chi connectivity index (χ3n) is 6.73. The number of urea groups is 1. The number of nitrogens with zero attached hydrogens (tertiary/aromatic N) is 2. The molecular formula is C26H34N4O. The van der Waals surface area contributed by atoms with Crippen LogP contribution in [0.5, 0.6) is 0 Å². The second-order valence-electron chi connectivity index (χ2n) is 9.48. The first-order valence-corrected chi connectivity index (χ1v) is 11.5. The molecule has 1 fully saturated rings. The quantitative estimate of drug-likeness (QED) is 0.488. The van der Waals surface area contributed by atoms with E-state index >= 15 is 0 Å². The highest BCUT2D eigenvalue weighted by Gasteiger charge is 2.36. The molecule has 31 heavy (non-hydrogen) atoms. The van der Waals surface area contributed by atoms with Crippen LogP contribution in [0.1, 0.15) is 76.3 Å². The SMILES string of the molecule is CC(C)c1cccc(C(C)C)c1NC(=O)NCC1(n2ccc3ccncc32)CCCC1. The molecule has 4 rings (SSSR count). The Morgan fingerprint density at radius 2 is 1.74 bits per heavy atom. The molecule has 2 heterocycles. The molecule has 0 unspecified atom stereocenters. The van der Waals surface area contributed by atoms with Crippen LogP contribution < -0.4 is 10.6 Å². The number of hydrogen-bond acceptors (Lipinski definition) is 2. The molecule has 0 radical (unpaired) electrons. The van der Waals surface area contributed by atoms with Crippen molar-refractivity contribution >= 4 is 22.6 Å². The molecular weight excluding hydrogens is 384 g/mol. The second-order valence-corrected chi connectivity index (χ2v) is 9.48. The van der Waals surface area contributed by atoms with E-state index in [1.165, 1.54) is 29.4 Å². The van der Waals surface area contributed by atoms with E-state index in [-0.39, 0.29) is 11.6 Å². The predicted octanol–water partition coefficient (Wildman–Crippen LogP) is 6.37. The number of benzene rings is 1. The van der Waals surface area contributed by atoms with Crippen molar-refractivity contribution in [3.05, 3.63) is 60.0 Å². The Labute approximate surface area is 185 Å². The molecule has 5 nitrogen and oxygen atoms in total. The van der Waals surface area contributed by atoms with Gasteiger partial charge in [0.05, 0.1) is 17.3 Å². The molecule has 1 aliphatic rings. The first-order chi connectivity index (χ1) is 14.9. The smallest absolute Gasteiger partial charge is 0.319 e. The third kappa shape index (κ3) is 4.18. The van der Waals surface area contributed by atoms with Gasteiger partial charge < -0.3 is 15.2 Å². The zero-order valence-corrected chi connectivity index (χ0v) is 19.1. The van der Waals surface area contributed by atoms with E-state index < -0.39 is 0 Å². The minimum absolute atomic E-state index is 0.0967. The summed E-state index contributed by atoms with van der Waals surface area (Å²) < 4.78 is 2.34. The minimum atomic E-state index is -0.129. The lowest BCUT2D eigenvalue weighted by Gasteiger charge is -2.32. The highest BCUT2D eigenvalue weighted by Crippen LogP contribution is 2.39. The summed E-state index contributed by atoms with van der Waals surface area (Å²) in [7, 11) is 0. The summed E-state index contributed by atoms with van der Waals surface area (Å²) in [5.41, 5.74) is 4.36. The number of carbonyl (C=O) groups excluding carboxylic acids is 1. The Hall–Kier alpha value is -2.82. The molecule has 0 atom stereocenters. The summed E-state index contributed by atoms with van der Waals surface area (Å²) in [6, 6.07) is 10.4. The number of hydrogen-bond donors (Lipinski definition) is 2. The second kappa shape index (κ2) is 8.74. The Morgan fingerprint density at radius 3 is 2.39 bits per heavy atom. The average molecular weight is 419 g/mol. The van der Waals surface area contributed by atoms with Crippen LogP contribution in [0.15, 0.2) is 48.9 Å². The predicted molar refractivity (Wildman–Crippen MR) is 128 cm³/mol. The fraction of sp³-hybridized carbons (Fsp3) is 0.462. The number of anilines is 1. The Morgan fingerprint density at radius 1 is 1.06 bits per heavy atom. The summed E-state index contributed by atoms with van der Waals surface area (Å²) in [6.07, 6.45) is 10.4. The first-order valence-electron chi connectivity index (χ1n) is 11.5. The molecule has 2 N–H and O–H groups in total. The van der Waals surface area contributed by atoms with Gasteiger partial charge in [-0.3, -0.25) is 4.98 Å². The summed E-state index contributed by atoms with van der Waals surface area (Å²) in [5.74, 6) is 0.683. The van der Waals surface area contributed by atoms with E-state index in [9.17, 15) is 4.79 Å². The zero-order chi connectivity index (χ0) is 22.0. The highest BCUT2D eigenvalue weighted by molar-refractivity contribution is 5.91. The molecule has 0 spiro atoms. The van der Waals surface area contributed by atoms with Crippen LogP contribution in [-0.4, -0.2) is 22.1 Å². The Bertz CT molecular complexity index is 1030. The largest absolute Gasteiger partial charge is 0.338 e. The van der Waals surface area contributed by atoms with Crippen molar-refractivity contribution in [3.63, 3.8) is 0 Å². The number of fused-ring (bicyclic) bond motifs is 1. The van der Waals surface area contributed by atoms with Crippen LogP contribution in [0.25, 0.3) is 10.9 Å². The molecule has 1 saturated carbocycles. The number of carbonyl (C=O) groups is 1. The summed E-state index contributed by atoms with van der Waals surface area (Å²) in [5, 5.41) is 7.59. The molecule has 5 heteroatoms. The summed E-state index contributed by atoms with van der Waals surface area (Å²) >= 11 is 0. The van der Waals surface area contributed by atoms with Crippen molar-refractivity contribution in [2.75, 3.05) is 11.9 Å². The molecule has 1 aromatic carbocycles. The zero-order valence-electron chi connectivity index (χ0n) is 19.1. The van der Waals surface area contributed by atoms with Gasteiger partial charge in [-0.15, -0.1) is 0 Å². The number of rotatable bonds is 6. The number of pyridine rings is 1. The van der Waals surface area contributed by atoms with Crippen LogP contribution in [0.3, 0.4) is 0 Å². The fourth-order valence-electron chi connectivity index (χ4n) is 5.02. The standard InChI is InChI=1S/C26H34N4O/c1-18(2)21-8-7-9-22(19(3)4)24(21)29-25(31)28-17-26(12-5-6-13-26)30-15-11-20-10-14-27-16-23(20)30/h7-11,14-16,18-19H,5-6,12-13,17H2,1-4H3,(H2,28,29,31). The van der Waals surface area contributed by atoms with Gasteiger partial charge in [-0.2, -0.15) is 0 Å². The molecule has 2 aromatic heterocycles. The number of aromatic nitrogens is 2.